The number of aryl methyl sites for hydroxylation is 1. The number of hydrogen-bond donors (Lipinski definition) is 1. The second-order valence-corrected chi connectivity index (χ2v) is 6.12. The van der Waals surface area contributed by atoms with Crippen LogP contribution in [0.1, 0.15) is 12.7 Å². The summed E-state index contributed by atoms with van der Waals surface area (Å²) in [6.45, 7) is 1.99. The zero-order valence-electron chi connectivity index (χ0n) is 10.3. The highest BCUT2D eigenvalue weighted by atomic mass is 32.2. The van der Waals surface area contributed by atoms with Crippen molar-refractivity contribution in [1.29, 1.82) is 0 Å². The molecule has 0 saturated heterocycles. The van der Waals surface area contributed by atoms with E-state index in [2.05, 4.69) is 4.98 Å². The molecule has 0 atom stereocenters. The second-order valence-electron chi connectivity index (χ2n) is 4.10. The summed E-state index contributed by atoms with van der Waals surface area (Å²) in [5.41, 5.74) is 6.89. The molecule has 96 valence electrons. The van der Waals surface area contributed by atoms with E-state index in [1.54, 1.807) is 24.5 Å². The average molecular weight is 265 g/mol. The van der Waals surface area contributed by atoms with Gasteiger partial charge in [0.1, 0.15) is 5.82 Å². The Kier molecular flexibility index (Phi) is 3.13. The summed E-state index contributed by atoms with van der Waals surface area (Å²) >= 11 is 0. The van der Waals surface area contributed by atoms with Crippen LogP contribution in [-0.2, 0) is 16.3 Å². The highest BCUT2D eigenvalue weighted by Gasteiger charge is 2.11. The minimum atomic E-state index is -3.27. The van der Waals surface area contributed by atoms with Crippen molar-refractivity contribution in [2.24, 2.45) is 0 Å². The van der Waals surface area contributed by atoms with E-state index in [9.17, 15) is 8.42 Å². The Morgan fingerprint density at radius 3 is 2.67 bits per heavy atom. The molecule has 2 aromatic rings. The highest BCUT2D eigenvalue weighted by Crippen LogP contribution is 2.21. The standard InChI is InChI=1S/C12H15N3O2S/c1-3-12-14-4-5-15(12)10-6-9(13)7-11(8-10)18(2,16)17/h4-8H,3,13H2,1-2H3. The summed E-state index contributed by atoms with van der Waals surface area (Å²) in [4.78, 5) is 4.42. The van der Waals surface area contributed by atoms with Gasteiger partial charge in [0.25, 0.3) is 0 Å². The number of nitrogens with two attached hydrogens (primary N) is 1. The van der Waals surface area contributed by atoms with E-state index in [4.69, 9.17) is 5.73 Å². The van der Waals surface area contributed by atoms with Gasteiger partial charge in [-0.3, -0.25) is 0 Å². The maximum absolute atomic E-state index is 11.6. The van der Waals surface area contributed by atoms with E-state index in [-0.39, 0.29) is 4.90 Å². The normalized spacial score (nSPS) is 11.7. The van der Waals surface area contributed by atoms with Crippen molar-refractivity contribution in [2.45, 2.75) is 18.2 Å². The second kappa shape index (κ2) is 4.45. The van der Waals surface area contributed by atoms with Gasteiger partial charge in [-0.05, 0) is 18.2 Å². The van der Waals surface area contributed by atoms with Crippen molar-refractivity contribution >= 4 is 15.5 Å². The lowest BCUT2D eigenvalue weighted by molar-refractivity contribution is 0.602. The van der Waals surface area contributed by atoms with Gasteiger partial charge in [0.2, 0.25) is 0 Å². The fourth-order valence-electron chi connectivity index (χ4n) is 1.79. The summed E-state index contributed by atoms with van der Waals surface area (Å²) in [6, 6.07) is 4.80. The molecule has 0 bridgehead atoms. The summed E-state index contributed by atoms with van der Waals surface area (Å²) in [5, 5.41) is 0. The molecule has 0 aliphatic rings. The third-order valence-corrected chi connectivity index (χ3v) is 3.75. The van der Waals surface area contributed by atoms with Crippen molar-refractivity contribution in [1.82, 2.24) is 9.55 Å². The lowest BCUT2D eigenvalue weighted by Gasteiger charge is -2.09. The first-order valence-corrected chi connectivity index (χ1v) is 7.44. The third-order valence-electron chi connectivity index (χ3n) is 2.65. The molecule has 0 spiro atoms. The Bertz CT molecular complexity index is 674. The van der Waals surface area contributed by atoms with Gasteiger partial charge in [0.15, 0.2) is 9.84 Å². The van der Waals surface area contributed by atoms with Crippen LogP contribution in [0, 0.1) is 0 Å². The predicted octanol–water partition coefficient (Wildman–Crippen LogP) is 1.42. The Balaban J connectivity index is 2.63. The van der Waals surface area contributed by atoms with Crippen molar-refractivity contribution in [3.05, 3.63) is 36.4 Å². The van der Waals surface area contributed by atoms with Crippen LogP contribution in [0.3, 0.4) is 0 Å². The van der Waals surface area contributed by atoms with Crippen molar-refractivity contribution < 1.29 is 8.42 Å². The lowest BCUT2D eigenvalue weighted by Crippen LogP contribution is -2.04. The predicted molar refractivity (Wildman–Crippen MR) is 70.5 cm³/mol. The Hall–Kier alpha value is -1.82. The molecule has 6 heteroatoms. The number of nitrogen functional groups attached to an aromatic ring is 1. The molecule has 0 radical (unpaired) electrons. The molecular formula is C12H15N3O2S. The molecule has 0 fully saturated rings. The van der Waals surface area contributed by atoms with Crippen LogP contribution in [0.4, 0.5) is 5.69 Å². The maximum Gasteiger partial charge on any atom is 0.175 e. The molecular weight excluding hydrogens is 250 g/mol. The first-order valence-electron chi connectivity index (χ1n) is 5.55. The molecule has 1 heterocycles. The number of imidazole rings is 1. The van der Waals surface area contributed by atoms with Crippen LogP contribution < -0.4 is 5.73 Å². The van der Waals surface area contributed by atoms with Gasteiger partial charge in [0.05, 0.1) is 10.6 Å². The maximum atomic E-state index is 11.6. The minimum Gasteiger partial charge on any atom is -0.399 e. The highest BCUT2D eigenvalue weighted by molar-refractivity contribution is 7.90. The molecule has 0 amide bonds. The molecule has 1 aromatic carbocycles. The smallest absolute Gasteiger partial charge is 0.175 e. The number of benzene rings is 1. The molecule has 2 N–H and O–H groups in total. The summed E-state index contributed by atoms with van der Waals surface area (Å²) in [5.74, 6) is 0.861. The fraction of sp³-hybridized carbons (Fsp3) is 0.250. The van der Waals surface area contributed by atoms with Crippen LogP contribution in [0.25, 0.3) is 5.69 Å². The van der Waals surface area contributed by atoms with Gasteiger partial charge in [-0.25, -0.2) is 13.4 Å². The Labute approximate surface area is 106 Å². The van der Waals surface area contributed by atoms with Gasteiger partial charge in [-0.15, -0.1) is 0 Å². The number of anilines is 1. The van der Waals surface area contributed by atoms with Gasteiger partial charge in [0, 0.05) is 30.8 Å². The van der Waals surface area contributed by atoms with E-state index in [1.807, 2.05) is 11.5 Å². The topological polar surface area (TPSA) is 78.0 Å². The fourth-order valence-corrected chi connectivity index (χ4v) is 2.47. The van der Waals surface area contributed by atoms with E-state index in [1.165, 1.54) is 12.3 Å². The van der Waals surface area contributed by atoms with Gasteiger partial charge in [-0.2, -0.15) is 0 Å². The number of sulfone groups is 1. The zero-order valence-corrected chi connectivity index (χ0v) is 11.1. The van der Waals surface area contributed by atoms with E-state index >= 15 is 0 Å². The molecule has 0 aliphatic heterocycles. The van der Waals surface area contributed by atoms with E-state index in [0.29, 0.717) is 11.4 Å². The van der Waals surface area contributed by atoms with Gasteiger partial charge >= 0.3 is 0 Å². The molecule has 18 heavy (non-hydrogen) atoms. The molecule has 2 rings (SSSR count). The van der Waals surface area contributed by atoms with E-state index in [0.717, 1.165) is 12.2 Å². The van der Waals surface area contributed by atoms with Crippen LogP contribution in [0.5, 0.6) is 0 Å². The molecule has 5 nitrogen and oxygen atoms in total. The first kappa shape index (κ1) is 12.6. The quantitative estimate of drug-likeness (QED) is 0.851. The Morgan fingerprint density at radius 1 is 1.33 bits per heavy atom. The largest absolute Gasteiger partial charge is 0.399 e. The van der Waals surface area contributed by atoms with Gasteiger partial charge < -0.3 is 10.3 Å². The SMILES string of the molecule is CCc1nccn1-c1cc(N)cc(S(C)(=O)=O)c1. The minimum absolute atomic E-state index is 0.216. The molecule has 0 aliphatic carbocycles. The van der Waals surface area contributed by atoms with Crippen molar-refractivity contribution in [3.8, 4) is 5.69 Å². The van der Waals surface area contributed by atoms with Crippen molar-refractivity contribution in [3.63, 3.8) is 0 Å². The average Bonchev–Trinajstić information content (AvgIpc) is 2.74. The first-order chi connectivity index (χ1) is 8.41. The van der Waals surface area contributed by atoms with E-state index < -0.39 is 9.84 Å². The van der Waals surface area contributed by atoms with Crippen LogP contribution in [0.2, 0.25) is 0 Å². The number of aromatic nitrogens is 2. The van der Waals surface area contributed by atoms with Crippen molar-refractivity contribution in [2.75, 3.05) is 12.0 Å². The summed E-state index contributed by atoms with van der Waals surface area (Å²) in [6.07, 6.45) is 5.40. The Morgan fingerprint density at radius 2 is 2.06 bits per heavy atom. The molecule has 0 saturated carbocycles. The lowest BCUT2D eigenvalue weighted by atomic mass is 10.2. The number of nitrogens with zero attached hydrogens (tertiary/aromatic N) is 2. The third kappa shape index (κ3) is 2.38. The van der Waals surface area contributed by atoms with Crippen LogP contribution in [-0.4, -0.2) is 24.2 Å². The summed E-state index contributed by atoms with van der Waals surface area (Å²) in [7, 11) is -3.27. The zero-order chi connectivity index (χ0) is 13.3. The molecule has 0 unspecified atom stereocenters. The number of rotatable bonds is 3. The van der Waals surface area contributed by atoms with Gasteiger partial charge in [-0.1, -0.05) is 6.92 Å². The monoisotopic (exact) mass is 265 g/mol. The molecule has 1 aromatic heterocycles. The van der Waals surface area contributed by atoms with Crippen LogP contribution >= 0.6 is 0 Å². The number of hydrogen-bond acceptors (Lipinski definition) is 4. The van der Waals surface area contributed by atoms with Crippen LogP contribution in [0.15, 0.2) is 35.5 Å². The summed E-state index contributed by atoms with van der Waals surface area (Å²) < 4.78 is 25.0.